The highest BCUT2D eigenvalue weighted by atomic mass is 16.5. The molecule has 2 aromatic carbocycles. The Bertz CT molecular complexity index is 564. The summed E-state index contributed by atoms with van der Waals surface area (Å²) >= 11 is 0. The van der Waals surface area contributed by atoms with E-state index in [0.29, 0.717) is 6.61 Å². The van der Waals surface area contributed by atoms with Crippen LogP contribution in [0.5, 0.6) is 11.5 Å². The topological polar surface area (TPSA) is 41.5 Å². The number of aryl methyl sites for hydroxylation is 1. The van der Waals surface area contributed by atoms with Crippen LogP contribution >= 0.6 is 0 Å². The van der Waals surface area contributed by atoms with Gasteiger partial charge in [0.1, 0.15) is 18.1 Å². The number of benzene rings is 2. The molecule has 0 aliphatic carbocycles. The molecule has 0 aromatic heterocycles. The Morgan fingerprint density at radius 3 is 2.50 bits per heavy atom. The minimum atomic E-state index is 0.241. The first kappa shape index (κ1) is 14.4. The molecule has 3 heteroatoms. The molecule has 0 saturated carbocycles. The van der Waals surface area contributed by atoms with Crippen LogP contribution in [0.4, 0.5) is 0 Å². The van der Waals surface area contributed by atoms with Gasteiger partial charge in [-0.15, -0.1) is 0 Å². The van der Waals surface area contributed by atoms with Crippen molar-refractivity contribution in [2.24, 2.45) is 0 Å². The molecule has 0 heterocycles. The molecule has 106 valence electrons. The van der Waals surface area contributed by atoms with E-state index in [1.54, 1.807) is 12.1 Å². The largest absolute Gasteiger partial charge is 0.508 e. The highest BCUT2D eigenvalue weighted by Gasteiger charge is 2.10. The quantitative estimate of drug-likeness (QED) is 0.873. The molecule has 0 aliphatic heterocycles. The molecule has 2 rings (SSSR count). The molecule has 0 radical (unpaired) electrons. The third-order valence-electron chi connectivity index (χ3n) is 3.40. The van der Waals surface area contributed by atoms with Crippen LogP contribution in [0.25, 0.3) is 0 Å². The highest BCUT2D eigenvalue weighted by Crippen LogP contribution is 2.27. The van der Waals surface area contributed by atoms with Crippen LogP contribution in [0.2, 0.25) is 0 Å². The minimum Gasteiger partial charge on any atom is -0.508 e. The summed E-state index contributed by atoms with van der Waals surface area (Å²) < 4.78 is 5.95. The molecule has 1 atom stereocenters. The van der Waals surface area contributed by atoms with Gasteiger partial charge >= 0.3 is 0 Å². The lowest BCUT2D eigenvalue weighted by Gasteiger charge is -2.17. The van der Waals surface area contributed by atoms with Crippen molar-refractivity contribution < 1.29 is 9.84 Å². The second-order valence-corrected chi connectivity index (χ2v) is 5.01. The lowest BCUT2D eigenvalue weighted by atomic mass is 10.1. The average molecular weight is 271 g/mol. The Morgan fingerprint density at radius 2 is 1.85 bits per heavy atom. The zero-order valence-corrected chi connectivity index (χ0v) is 12.2. The molecular weight excluding hydrogens is 250 g/mol. The van der Waals surface area contributed by atoms with Crippen molar-refractivity contribution in [3.05, 3.63) is 59.2 Å². The maximum Gasteiger partial charge on any atom is 0.124 e. The summed E-state index contributed by atoms with van der Waals surface area (Å²) in [5.41, 5.74) is 3.36. The maximum absolute atomic E-state index is 9.28. The SMILES string of the molecule is CNC(C)c1ccc(C)cc1OCc1ccc(O)cc1. The van der Waals surface area contributed by atoms with Gasteiger partial charge in [0.2, 0.25) is 0 Å². The third kappa shape index (κ3) is 3.52. The van der Waals surface area contributed by atoms with Gasteiger partial charge in [0, 0.05) is 11.6 Å². The van der Waals surface area contributed by atoms with Gasteiger partial charge in [-0.2, -0.15) is 0 Å². The first-order valence-corrected chi connectivity index (χ1v) is 6.78. The van der Waals surface area contributed by atoms with E-state index in [4.69, 9.17) is 4.74 Å². The first-order valence-electron chi connectivity index (χ1n) is 6.78. The summed E-state index contributed by atoms with van der Waals surface area (Å²) in [6.45, 7) is 4.66. The predicted molar refractivity (Wildman–Crippen MR) is 81.1 cm³/mol. The van der Waals surface area contributed by atoms with E-state index < -0.39 is 0 Å². The van der Waals surface area contributed by atoms with Gasteiger partial charge in [0.05, 0.1) is 0 Å². The predicted octanol–water partition coefficient (Wildman–Crippen LogP) is 3.56. The molecule has 2 N–H and O–H groups in total. The Balaban J connectivity index is 2.15. The van der Waals surface area contributed by atoms with E-state index in [9.17, 15) is 5.11 Å². The number of phenolic OH excluding ortho intramolecular Hbond substituents is 1. The van der Waals surface area contributed by atoms with Gasteiger partial charge in [-0.05, 0) is 50.2 Å². The molecule has 0 spiro atoms. The second-order valence-electron chi connectivity index (χ2n) is 5.01. The molecule has 0 amide bonds. The molecule has 1 unspecified atom stereocenters. The summed E-state index contributed by atoms with van der Waals surface area (Å²) in [5, 5.41) is 12.5. The number of ether oxygens (including phenoxy) is 1. The van der Waals surface area contributed by atoms with Gasteiger partial charge < -0.3 is 15.2 Å². The monoisotopic (exact) mass is 271 g/mol. The summed E-state index contributed by atoms with van der Waals surface area (Å²) in [6.07, 6.45) is 0. The highest BCUT2D eigenvalue weighted by molar-refractivity contribution is 5.39. The summed E-state index contributed by atoms with van der Waals surface area (Å²) in [6, 6.07) is 13.6. The van der Waals surface area contributed by atoms with Crippen molar-refractivity contribution >= 4 is 0 Å². The van der Waals surface area contributed by atoms with Gasteiger partial charge in [-0.3, -0.25) is 0 Å². The number of nitrogens with one attached hydrogen (secondary N) is 1. The van der Waals surface area contributed by atoms with Crippen molar-refractivity contribution in [2.45, 2.75) is 26.5 Å². The van der Waals surface area contributed by atoms with Crippen molar-refractivity contribution in [3.63, 3.8) is 0 Å². The lowest BCUT2D eigenvalue weighted by molar-refractivity contribution is 0.300. The van der Waals surface area contributed by atoms with Crippen LogP contribution in [0.15, 0.2) is 42.5 Å². The van der Waals surface area contributed by atoms with Crippen LogP contribution in [-0.2, 0) is 6.61 Å². The zero-order valence-electron chi connectivity index (χ0n) is 12.2. The summed E-state index contributed by atoms with van der Waals surface area (Å²) in [7, 11) is 1.94. The van der Waals surface area contributed by atoms with Crippen molar-refractivity contribution in [3.8, 4) is 11.5 Å². The Kier molecular flexibility index (Phi) is 4.64. The molecular formula is C17H21NO2. The van der Waals surface area contributed by atoms with E-state index >= 15 is 0 Å². The van der Waals surface area contributed by atoms with Crippen molar-refractivity contribution in [2.75, 3.05) is 7.05 Å². The maximum atomic E-state index is 9.28. The van der Waals surface area contributed by atoms with Crippen LogP contribution in [0, 0.1) is 6.92 Å². The third-order valence-corrected chi connectivity index (χ3v) is 3.40. The number of aromatic hydroxyl groups is 1. The smallest absolute Gasteiger partial charge is 0.124 e. The van der Waals surface area contributed by atoms with E-state index in [0.717, 1.165) is 16.9 Å². The Hall–Kier alpha value is -2.00. The normalized spacial score (nSPS) is 12.2. The van der Waals surface area contributed by atoms with E-state index in [1.165, 1.54) is 5.56 Å². The van der Waals surface area contributed by atoms with Gasteiger partial charge in [0.25, 0.3) is 0 Å². The standard InChI is InChI=1S/C17H21NO2/c1-12-4-9-16(13(2)18-3)17(10-12)20-11-14-5-7-15(19)8-6-14/h4-10,13,18-19H,11H2,1-3H3. The van der Waals surface area contributed by atoms with Crippen LogP contribution < -0.4 is 10.1 Å². The zero-order chi connectivity index (χ0) is 14.5. The molecule has 0 saturated heterocycles. The minimum absolute atomic E-state index is 0.241. The van der Waals surface area contributed by atoms with Gasteiger partial charge in [0.15, 0.2) is 0 Å². The van der Waals surface area contributed by atoms with Crippen LogP contribution in [-0.4, -0.2) is 12.2 Å². The van der Waals surface area contributed by atoms with E-state index in [1.807, 2.05) is 19.2 Å². The average Bonchev–Trinajstić information content (AvgIpc) is 2.46. The fourth-order valence-electron chi connectivity index (χ4n) is 2.03. The number of phenols is 1. The summed E-state index contributed by atoms with van der Waals surface area (Å²) in [4.78, 5) is 0. The van der Waals surface area contributed by atoms with Gasteiger partial charge in [-0.25, -0.2) is 0 Å². The molecule has 0 aliphatic rings. The number of hydrogen-bond acceptors (Lipinski definition) is 3. The fourth-order valence-corrected chi connectivity index (χ4v) is 2.03. The van der Waals surface area contributed by atoms with E-state index in [2.05, 4.69) is 37.4 Å². The summed E-state index contributed by atoms with van der Waals surface area (Å²) in [5.74, 6) is 1.17. The van der Waals surface area contributed by atoms with Gasteiger partial charge in [-0.1, -0.05) is 24.3 Å². The molecule has 0 fully saturated rings. The Labute approximate surface area is 120 Å². The fraction of sp³-hybridized carbons (Fsp3) is 0.294. The van der Waals surface area contributed by atoms with E-state index in [-0.39, 0.29) is 11.8 Å². The second kappa shape index (κ2) is 6.44. The molecule has 20 heavy (non-hydrogen) atoms. The van der Waals surface area contributed by atoms with Crippen LogP contribution in [0.1, 0.15) is 29.7 Å². The number of hydrogen-bond donors (Lipinski definition) is 2. The molecule has 2 aromatic rings. The van der Waals surface area contributed by atoms with Crippen molar-refractivity contribution in [1.29, 1.82) is 0 Å². The first-order chi connectivity index (χ1) is 9.60. The Morgan fingerprint density at radius 1 is 1.15 bits per heavy atom. The van der Waals surface area contributed by atoms with Crippen LogP contribution in [0.3, 0.4) is 0 Å². The number of rotatable bonds is 5. The lowest BCUT2D eigenvalue weighted by Crippen LogP contribution is -2.13. The molecule has 3 nitrogen and oxygen atoms in total. The molecule has 0 bridgehead atoms. The van der Waals surface area contributed by atoms with Crippen molar-refractivity contribution in [1.82, 2.24) is 5.32 Å².